The van der Waals surface area contributed by atoms with Gasteiger partial charge in [0, 0.05) is 10.8 Å². The highest BCUT2D eigenvalue weighted by atomic mass is 19.2. The molecular weight excluding hydrogens is 407 g/mol. The minimum atomic E-state index is -1.55. The Morgan fingerprint density at radius 1 is 0.548 bits per heavy atom. The lowest BCUT2D eigenvalue weighted by Crippen LogP contribution is -1.95. The molecule has 0 fully saturated rings. The smallest absolute Gasteiger partial charge is 0.194 e. The van der Waals surface area contributed by atoms with Gasteiger partial charge < -0.3 is 0 Å². The van der Waals surface area contributed by atoms with E-state index >= 15 is 4.39 Å². The molecule has 0 aliphatic rings. The van der Waals surface area contributed by atoms with Gasteiger partial charge in [0.1, 0.15) is 11.6 Å². The fourth-order valence-electron chi connectivity index (χ4n) is 4.03. The predicted molar refractivity (Wildman–Crippen MR) is 115 cm³/mol. The lowest BCUT2D eigenvalue weighted by Gasteiger charge is -2.12. The highest BCUT2D eigenvalue weighted by molar-refractivity contribution is 6.09. The van der Waals surface area contributed by atoms with Crippen LogP contribution in [0.15, 0.2) is 48.5 Å². The lowest BCUT2D eigenvalue weighted by atomic mass is 9.94. The topological polar surface area (TPSA) is 0 Å². The van der Waals surface area contributed by atoms with Crippen LogP contribution in [0.25, 0.3) is 32.7 Å². The molecule has 0 unspecified atom stereocenters. The minimum absolute atomic E-state index is 0.0893. The minimum Gasteiger partial charge on any atom is -0.206 e. The van der Waals surface area contributed by atoms with Crippen LogP contribution in [0, 0.1) is 29.1 Å². The predicted octanol–water partition coefficient (Wildman–Crippen LogP) is 8.48. The second-order valence-corrected chi connectivity index (χ2v) is 7.82. The normalized spacial score (nSPS) is 11.5. The van der Waals surface area contributed by atoms with E-state index in [0.717, 1.165) is 43.9 Å². The van der Waals surface area contributed by atoms with Crippen LogP contribution in [0.1, 0.15) is 38.2 Å². The molecule has 4 aromatic rings. The third-order valence-corrected chi connectivity index (χ3v) is 5.71. The molecule has 160 valence electrons. The average Bonchev–Trinajstić information content (AvgIpc) is 2.76. The molecule has 0 bridgehead atoms. The third-order valence-electron chi connectivity index (χ3n) is 5.71. The van der Waals surface area contributed by atoms with Crippen molar-refractivity contribution in [2.75, 3.05) is 0 Å². The maximum absolute atomic E-state index is 15.1. The van der Waals surface area contributed by atoms with Crippen molar-refractivity contribution < 1.29 is 22.0 Å². The molecule has 5 heteroatoms. The van der Waals surface area contributed by atoms with E-state index in [1.54, 1.807) is 24.3 Å². The second kappa shape index (κ2) is 8.66. The molecule has 0 aliphatic carbocycles. The van der Waals surface area contributed by atoms with Gasteiger partial charge in [0.25, 0.3) is 0 Å². The van der Waals surface area contributed by atoms with Gasteiger partial charge in [-0.1, -0.05) is 50.5 Å². The summed E-state index contributed by atoms with van der Waals surface area (Å²) in [6.07, 6.45) is 4.69. The number of aryl methyl sites for hydroxylation is 1. The highest BCUT2D eigenvalue weighted by Crippen LogP contribution is 2.34. The van der Waals surface area contributed by atoms with Crippen molar-refractivity contribution in [3.63, 3.8) is 0 Å². The van der Waals surface area contributed by atoms with Crippen LogP contribution in [0.5, 0.6) is 0 Å². The summed E-state index contributed by atoms with van der Waals surface area (Å²) in [5.41, 5.74) is 0.985. The van der Waals surface area contributed by atoms with Gasteiger partial charge in [0.15, 0.2) is 17.5 Å². The standard InChI is InChI=1S/C26H21F5/c1-2-3-4-5-6-15-7-9-19-18-10-8-16(17-12-23(28)26(31)24(29)13-17)11-20(18)22(27)14-21(19)25(15)30/h7-14H,2-6H2,1H3. The quantitative estimate of drug-likeness (QED) is 0.125. The van der Waals surface area contributed by atoms with Crippen LogP contribution in [0.2, 0.25) is 0 Å². The van der Waals surface area contributed by atoms with E-state index in [1.165, 1.54) is 6.07 Å². The molecule has 0 radical (unpaired) electrons. The fourth-order valence-corrected chi connectivity index (χ4v) is 4.03. The van der Waals surface area contributed by atoms with Gasteiger partial charge >= 0.3 is 0 Å². The van der Waals surface area contributed by atoms with Gasteiger partial charge in [-0.3, -0.25) is 0 Å². The number of benzene rings is 4. The number of rotatable bonds is 6. The Morgan fingerprint density at radius 2 is 1.23 bits per heavy atom. The summed E-state index contributed by atoms with van der Waals surface area (Å²) >= 11 is 0. The zero-order chi connectivity index (χ0) is 22.1. The summed E-state index contributed by atoms with van der Waals surface area (Å²) in [5.74, 6) is -5.23. The maximum Gasteiger partial charge on any atom is 0.194 e. The summed E-state index contributed by atoms with van der Waals surface area (Å²) in [4.78, 5) is 0. The van der Waals surface area contributed by atoms with Crippen LogP contribution in [0.3, 0.4) is 0 Å². The van der Waals surface area contributed by atoms with Crippen molar-refractivity contribution in [3.05, 3.63) is 83.2 Å². The van der Waals surface area contributed by atoms with Crippen LogP contribution in [-0.4, -0.2) is 0 Å². The first-order chi connectivity index (χ1) is 14.9. The molecule has 0 atom stereocenters. The Balaban J connectivity index is 1.79. The van der Waals surface area contributed by atoms with Crippen molar-refractivity contribution in [3.8, 4) is 11.1 Å². The van der Waals surface area contributed by atoms with Gasteiger partial charge in [-0.25, -0.2) is 22.0 Å². The van der Waals surface area contributed by atoms with E-state index in [-0.39, 0.29) is 16.3 Å². The van der Waals surface area contributed by atoms with E-state index in [0.29, 0.717) is 28.3 Å². The molecule has 0 saturated carbocycles. The lowest BCUT2D eigenvalue weighted by molar-refractivity contribution is 0.448. The van der Waals surface area contributed by atoms with Crippen molar-refractivity contribution in [1.82, 2.24) is 0 Å². The Labute approximate surface area is 177 Å². The molecule has 4 aromatic carbocycles. The Morgan fingerprint density at radius 3 is 1.94 bits per heavy atom. The maximum atomic E-state index is 15.1. The van der Waals surface area contributed by atoms with Gasteiger partial charge in [-0.05, 0) is 64.6 Å². The largest absolute Gasteiger partial charge is 0.206 e. The molecule has 0 aromatic heterocycles. The molecule has 4 rings (SSSR count). The van der Waals surface area contributed by atoms with Crippen LogP contribution >= 0.6 is 0 Å². The van der Waals surface area contributed by atoms with E-state index in [1.807, 2.05) is 0 Å². The zero-order valence-electron chi connectivity index (χ0n) is 17.0. The molecule has 0 spiro atoms. The molecule has 0 nitrogen and oxygen atoms in total. The second-order valence-electron chi connectivity index (χ2n) is 7.82. The molecule has 0 heterocycles. The van der Waals surface area contributed by atoms with E-state index in [9.17, 15) is 17.6 Å². The number of hydrogen-bond acceptors (Lipinski definition) is 0. The van der Waals surface area contributed by atoms with Crippen LogP contribution in [0.4, 0.5) is 22.0 Å². The Bertz CT molecular complexity index is 1250. The van der Waals surface area contributed by atoms with Crippen LogP contribution < -0.4 is 0 Å². The van der Waals surface area contributed by atoms with Crippen molar-refractivity contribution in [2.45, 2.75) is 39.0 Å². The first-order valence-corrected chi connectivity index (χ1v) is 10.4. The van der Waals surface area contributed by atoms with Crippen molar-refractivity contribution in [1.29, 1.82) is 0 Å². The Hall–Kier alpha value is -2.95. The molecule has 0 saturated heterocycles. The van der Waals surface area contributed by atoms with Gasteiger partial charge in [0.05, 0.1) is 0 Å². The first-order valence-electron chi connectivity index (χ1n) is 10.4. The Kier molecular flexibility index (Phi) is 5.94. The summed E-state index contributed by atoms with van der Waals surface area (Å²) in [5, 5.41) is 1.47. The summed E-state index contributed by atoms with van der Waals surface area (Å²) in [6.45, 7) is 2.11. The monoisotopic (exact) mass is 428 g/mol. The van der Waals surface area contributed by atoms with E-state index < -0.39 is 29.1 Å². The van der Waals surface area contributed by atoms with Gasteiger partial charge in [-0.2, -0.15) is 0 Å². The first kappa shape index (κ1) is 21.3. The van der Waals surface area contributed by atoms with Crippen molar-refractivity contribution in [2.24, 2.45) is 0 Å². The number of halogens is 5. The zero-order valence-corrected chi connectivity index (χ0v) is 17.0. The summed E-state index contributed by atoms with van der Waals surface area (Å²) < 4.78 is 70.5. The van der Waals surface area contributed by atoms with E-state index in [2.05, 4.69) is 6.92 Å². The van der Waals surface area contributed by atoms with Gasteiger partial charge in [-0.15, -0.1) is 0 Å². The highest BCUT2D eigenvalue weighted by Gasteiger charge is 2.16. The molecule has 0 aliphatic heterocycles. The molecule has 0 amide bonds. The molecular formula is C26H21F5. The fraction of sp³-hybridized carbons (Fsp3) is 0.231. The van der Waals surface area contributed by atoms with Crippen molar-refractivity contribution >= 4 is 21.5 Å². The average molecular weight is 428 g/mol. The summed E-state index contributed by atoms with van der Waals surface area (Å²) in [6, 6.07) is 11.0. The number of fused-ring (bicyclic) bond motifs is 3. The summed E-state index contributed by atoms with van der Waals surface area (Å²) in [7, 11) is 0. The van der Waals surface area contributed by atoms with E-state index in [4.69, 9.17) is 0 Å². The van der Waals surface area contributed by atoms with Gasteiger partial charge in [0.2, 0.25) is 0 Å². The number of hydrogen-bond donors (Lipinski definition) is 0. The van der Waals surface area contributed by atoms with Crippen LogP contribution in [-0.2, 0) is 6.42 Å². The number of unbranched alkanes of at least 4 members (excludes halogenated alkanes) is 3. The molecule has 31 heavy (non-hydrogen) atoms. The third kappa shape index (κ3) is 4.01. The molecule has 0 N–H and O–H groups in total. The SMILES string of the molecule is CCCCCCc1ccc2c(cc(F)c3cc(-c4cc(F)c(F)c(F)c4)ccc32)c1F.